The quantitative estimate of drug-likeness (QED) is 0.862. The van der Waals surface area contributed by atoms with Gasteiger partial charge in [0, 0.05) is 49.6 Å². The van der Waals surface area contributed by atoms with Gasteiger partial charge >= 0.3 is 0 Å². The summed E-state index contributed by atoms with van der Waals surface area (Å²) in [6.45, 7) is 5.05. The van der Waals surface area contributed by atoms with E-state index in [4.69, 9.17) is 4.74 Å². The lowest BCUT2D eigenvalue weighted by Crippen LogP contribution is -2.47. The van der Waals surface area contributed by atoms with Gasteiger partial charge in [-0.3, -0.25) is 4.79 Å². The Morgan fingerprint density at radius 3 is 3.04 bits per heavy atom. The van der Waals surface area contributed by atoms with Crippen molar-refractivity contribution < 1.29 is 4.74 Å². The summed E-state index contributed by atoms with van der Waals surface area (Å²) in [7, 11) is 0. The number of fused-ring (bicyclic) bond motifs is 4. The van der Waals surface area contributed by atoms with E-state index in [1.807, 2.05) is 17.6 Å². The Balaban J connectivity index is 1.63. The van der Waals surface area contributed by atoms with E-state index in [-0.39, 0.29) is 5.56 Å². The molecular weight excluding hydrogens is 292 g/mol. The van der Waals surface area contributed by atoms with Crippen LogP contribution in [0.25, 0.3) is 0 Å². The monoisotopic (exact) mass is 312 g/mol. The normalized spacial score (nSPS) is 22.6. The lowest BCUT2D eigenvalue weighted by molar-refractivity contribution is 0.278. The van der Waals surface area contributed by atoms with Gasteiger partial charge < -0.3 is 14.2 Å². The molecule has 4 heterocycles. The third kappa shape index (κ3) is 2.58. The minimum atomic E-state index is 0.111. The van der Waals surface area contributed by atoms with Gasteiger partial charge in [0.1, 0.15) is 0 Å². The summed E-state index contributed by atoms with van der Waals surface area (Å²) in [6.07, 6.45) is 2.88. The van der Waals surface area contributed by atoms with Gasteiger partial charge in [-0.25, -0.2) is 4.98 Å². The van der Waals surface area contributed by atoms with Gasteiger partial charge in [0.25, 0.3) is 5.56 Å². The van der Waals surface area contributed by atoms with Crippen molar-refractivity contribution in [3.05, 3.63) is 46.5 Å². The Bertz CT molecular complexity index is 773. The zero-order valence-electron chi connectivity index (χ0n) is 13.2. The largest absolute Gasteiger partial charge is 0.478 e. The molecule has 0 amide bonds. The molecule has 23 heavy (non-hydrogen) atoms. The maximum atomic E-state index is 12.1. The molecule has 2 unspecified atom stereocenters. The number of anilines is 1. The van der Waals surface area contributed by atoms with Gasteiger partial charge in [-0.15, -0.1) is 0 Å². The number of aromatic nitrogens is 3. The molecule has 2 bridgehead atoms. The van der Waals surface area contributed by atoms with Crippen LogP contribution >= 0.6 is 0 Å². The van der Waals surface area contributed by atoms with Gasteiger partial charge in [-0.05, 0) is 25.3 Å². The highest BCUT2D eigenvalue weighted by Crippen LogP contribution is 2.36. The van der Waals surface area contributed by atoms with Gasteiger partial charge in [0.15, 0.2) is 0 Å². The van der Waals surface area contributed by atoms with Crippen LogP contribution in [-0.2, 0) is 6.54 Å². The summed E-state index contributed by atoms with van der Waals surface area (Å²) in [4.78, 5) is 23.2. The minimum absolute atomic E-state index is 0.111. The molecule has 0 saturated carbocycles. The number of hydrogen-bond donors (Lipinski definition) is 0. The smallest absolute Gasteiger partial charge is 0.250 e. The SMILES string of the molecule is CCOc1ccnc(N2CC3CC(C2)c2cccc(=O)n2C3)n1. The molecular formula is C17H20N4O2. The van der Waals surface area contributed by atoms with E-state index in [1.165, 1.54) is 0 Å². The summed E-state index contributed by atoms with van der Waals surface area (Å²) in [6, 6.07) is 7.37. The van der Waals surface area contributed by atoms with Crippen molar-refractivity contribution in [3.8, 4) is 5.88 Å². The lowest BCUT2D eigenvalue weighted by atomic mass is 9.83. The molecule has 2 aromatic rings. The molecule has 6 nitrogen and oxygen atoms in total. The van der Waals surface area contributed by atoms with E-state index in [9.17, 15) is 4.79 Å². The first-order chi connectivity index (χ1) is 11.2. The number of hydrogen-bond acceptors (Lipinski definition) is 5. The number of rotatable bonds is 3. The van der Waals surface area contributed by atoms with Crippen LogP contribution in [0.5, 0.6) is 5.88 Å². The number of nitrogens with zero attached hydrogens (tertiary/aromatic N) is 4. The van der Waals surface area contributed by atoms with Crippen LogP contribution in [0, 0.1) is 5.92 Å². The van der Waals surface area contributed by atoms with E-state index in [0.717, 1.165) is 37.7 Å². The molecule has 2 aliphatic heterocycles. The molecule has 0 radical (unpaired) electrons. The Labute approximate surface area is 134 Å². The van der Waals surface area contributed by atoms with Crippen LogP contribution in [-0.4, -0.2) is 34.2 Å². The third-order valence-corrected chi connectivity index (χ3v) is 4.67. The van der Waals surface area contributed by atoms with Crippen molar-refractivity contribution in [2.45, 2.75) is 25.8 Å². The average Bonchev–Trinajstić information content (AvgIpc) is 2.56. The topological polar surface area (TPSA) is 60.2 Å². The predicted octanol–water partition coefficient (Wildman–Crippen LogP) is 1.66. The summed E-state index contributed by atoms with van der Waals surface area (Å²) in [5.74, 6) is 2.15. The molecule has 2 aromatic heterocycles. The zero-order chi connectivity index (χ0) is 15.8. The van der Waals surface area contributed by atoms with Crippen LogP contribution in [0.3, 0.4) is 0 Å². The van der Waals surface area contributed by atoms with Crippen molar-refractivity contribution in [1.82, 2.24) is 14.5 Å². The average molecular weight is 312 g/mol. The minimum Gasteiger partial charge on any atom is -0.478 e. The van der Waals surface area contributed by atoms with Crippen LogP contribution in [0.4, 0.5) is 5.95 Å². The number of ether oxygens (including phenoxy) is 1. The van der Waals surface area contributed by atoms with Crippen molar-refractivity contribution >= 4 is 5.95 Å². The molecule has 2 atom stereocenters. The van der Waals surface area contributed by atoms with E-state index >= 15 is 0 Å². The highest BCUT2D eigenvalue weighted by Gasteiger charge is 2.35. The second-order valence-electron chi connectivity index (χ2n) is 6.23. The molecule has 6 heteroatoms. The van der Waals surface area contributed by atoms with Gasteiger partial charge in [0.2, 0.25) is 11.8 Å². The molecule has 0 aliphatic carbocycles. The molecule has 0 spiro atoms. The van der Waals surface area contributed by atoms with Gasteiger partial charge in [-0.1, -0.05) is 6.07 Å². The number of pyridine rings is 1. The zero-order valence-corrected chi connectivity index (χ0v) is 13.2. The van der Waals surface area contributed by atoms with Crippen molar-refractivity contribution in [1.29, 1.82) is 0 Å². The molecule has 0 aromatic carbocycles. The molecule has 1 saturated heterocycles. The standard InChI is InChI=1S/C17H20N4O2/c1-2-23-15-6-7-18-17(19-15)20-9-12-8-13(11-20)14-4-3-5-16(22)21(14)10-12/h3-7,12-13H,2,8-11H2,1H3. The van der Waals surface area contributed by atoms with E-state index < -0.39 is 0 Å². The van der Waals surface area contributed by atoms with E-state index in [2.05, 4.69) is 20.9 Å². The van der Waals surface area contributed by atoms with Crippen molar-refractivity contribution in [3.63, 3.8) is 0 Å². The second-order valence-corrected chi connectivity index (χ2v) is 6.23. The van der Waals surface area contributed by atoms with Crippen molar-refractivity contribution in [2.75, 3.05) is 24.6 Å². The first-order valence-electron chi connectivity index (χ1n) is 8.15. The number of piperidine rings is 1. The van der Waals surface area contributed by atoms with Crippen LogP contribution in [0.15, 0.2) is 35.3 Å². The predicted molar refractivity (Wildman–Crippen MR) is 87.0 cm³/mol. The highest BCUT2D eigenvalue weighted by molar-refractivity contribution is 5.35. The first kappa shape index (κ1) is 14.2. The Hall–Kier alpha value is -2.37. The van der Waals surface area contributed by atoms with E-state index in [0.29, 0.717) is 24.3 Å². The highest BCUT2D eigenvalue weighted by atomic mass is 16.5. The fourth-order valence-corrected chi connectivity index (χ4v) is 3.77. The van der Waals surface area contributed by atoms with Crippen LogP contribution in [0.2, 0.25) is 0 Å². The molecule has 4 rings (SSSR count). The fourth-order valence-electron chi connectivity index (χ4n) is 3.77. The summed E-state index contributed by atoms with van der Waals surface area (Å²) in [5.41, 5.74) is 1.25. The first-order valence-corrected chi connectivity index (χ1v) is 8.15. The maximum absolute atomic E-state index is 12.1. The Morgan fingerprint density at radius 2 is 2.17 bits per heavy atom. The Kier molecular flexibility index (Phi) is 3.52. The molecule has 1 fully saturated rings. The van der Waals surface area contributed by atoms with Crippen molar-refractivity contribution in [2.24, 2.45) is 5.92 Å². The summed E-state index contributed by atoms with van der Waals surface area (Å²) in [5, 5.41) is 0. The van der Waals surface area contributed by atoms with Crippen LogP contribution < -0.4 is 15.2 Å². The molecule has 120 valence electrons. The fraction of sp³-hybridized carbons (Fsp3) is 0.471. The van der Waals surface area contributed by atoms with Gasteiger partial charge in [-0.2, -0.15) is 4.98 Å². The third-order valence-electron chi connectivity index (χ3n) is 4.67. The Morgan fingerprint density at radius 1 is 1.26 bits per heavy atom. The molecule has 2 aliphatic rings. The van der Waals surface area contributed by atoms with Crippen LogP contribution in [0.1, 0.15) is 25.0 Å². The molecule has 0 N–H and O–H groups in total. The lowest BCUT2D eigenvalue weighted by Gasteiger charge is -2.42. The van der Waals surface area contributed by atoms with Gasteiger partial charge in [0.05, 0.1) is 6.61 Å². The maximum Gasteiger partial charge on any atom is 0.250 e. The summed E-state index contributed by atoms with van der Waals surface area (Å²) >= 11 is 0. The summed E-state index contributed by atoms with van der Waals surface area (Å²) < 4.78 is 7.42. The second kappa shape index (κ2) is 5.68. The van der Waals surface area contributed by atoms with E-state index in [1.54, 1.807) is 18.3 Å².